The van der Waals surface area contributed by atoms with Crippen molar-refractivity contribution in [3.8, 4) is 0 Å². The van der Waals surface area contributed by atoms with Crippen LogP contribution < -0.4 is 0 Å². The molecule has 0 spiro atoms. The zero-order chi connectivity index (χ0) is 14.3. The maximum atomic E-state index is 12.5. The van der Waals surface area contributed by atoms with Gasteiger partial charge in [0.2, 0.25) is 0 Å². The Hall–Kier alpha value is -0.490. The molecule has 2 fully saturated rings. The summed E-state index contributed by atoms with van der Waals surface area (Å²) in [6, 6.07) is -0.0129. The number of ketones is 1. The normalized spacial score (nSPS) is 34.7. The van der Waals surface area contributed by atoms with Gasteiger partial charge >= 0.3 is 0 Å². The van der Waals surface area contributed by atoms with Crippen LogP contribution in [0.2, 0.25) is 0 Å². The van der Waals surface area contributed by atoms with Crippen molar-refractivity contribution in [3.05, 3.63) is 0 Å². The summed E-state index contributed by atoms with van der Waals surface area (Å²) in [5.41, 5.74) is -1.17. The fourth-order valence-electron chi connectivity index (χ4n) is 3.15. The third-order valence-electron chi connectivity index (χ3n) is 4.24. The number of aliphatic hydroxyl groups excluding tert-OH is 1. The van der Waals surface area contributed by atoms with E-state index in [1.165, 1.54) is 0 Å². The number of ether oxygens (including phenoxy) is 2. The third kappa shape index (κ3) is 2.84. The predicted molar refractivity (Wildman–Crippen MR) is 71.0 cm³/mol. The Morgan fingerprint density at radius 3 is 2.58 bits per heavy atom. The lowest BCUT2D eigenvalue weighted by atomic mass is 9.85. The molecule has 0 aromatic rings. The summed E-state index contributed by atoms with van der Waals surface area (Å²) in [6.45, 7) is 10.2. The summed E-state index contributed by atoms with van der Waals surface area (Å²) < 4.78 is 11.3. The van der Waals surface area contributed by atoms with Crippen LogP contribution in [0.25, 0.3) is 0 Å². The van der Waals surface area contributed by atoms with E-state index in [9.17, 15) is 9.90 Å². The molecule has 0 aromatic carbocycles. The van der Waals surface area contributed by atoms with Gasteiger partial charge in [0.1, 0.15) is 5.60 Å². The maximum Gasteiger partial charge on any atom is 0.171 e. The van der Waals surface area contributed by atoms with Gasteiger partial charge in [-0.3, -0.25) is 9.69 Å². The van der Waals surface area contributed by atoms with Crippen LogP contribution in [0.5, 0.6) is 0 Å². The van der Waals surface area contributed by atoms with Crippen molar-refractivity contribution >= 4 is 5.78 Å². The van der Waals surface area contributed by atoms with Crippen LogP contribution in [0.1, 0.15) is 27.7 Å². The van der Waals surface area contributed by atoms with Crippen molar-refractivity contribution in [1.29, 1.82) is 0 Å². The van der Waals surface area contributed by atoms with Gasteiger partial charge in [0.15, 0.2) is 5.78 Å². The van der Waals surface area contributed by atoms with Crippen molar-refractivity contribution in [2.75, 3.05) is 32.9 Å². The molecule has 19 heavy (non-hydrogen) atoms. The highest BCUT2D eigenvalue weighted by Gasteiger charge is 2.53. The first-order chi connectivity index (χ1) is 8.78. The Morgan fingerprint density at radius 1 is 1.37 bits per heavy atom. The molecule has 110 valence electrons. The summed E-state index contributed by atoms with van der Waals surface area (Å²) >= 11 is 0. The number of rotatable bonds is 3. The second-order valence-electron chi connectivity index (χ2n) is 6.54. The van der Waals surface area contributed by atoms with E-state index < -0.39 is 11.2 Å². The SMILES string of the molecule is CC1(C)OC(C)(C)C(CN2CCOCC2CO)C1=O. The molecule has 0 saturated carbocycles. The van der Waals surface area contributed by atoms with Crippen LogP contribution in [0, 0.1) is 5.92 Å². The van der Waals surface area contributed by atoms with E-state index >= 15 is 0 Å². The zero-order valence-corrected chi connectivity index (χ0v) is 12.3. The maximum absolute atomic E-state index is 12.5. The smallest absolute Gasteiger partial charge is 0.171 e. The van der Waals surface area contributed by atoms with Crippen LogP contribution in [-0.4, -0.2) is 65.9 Å². The van der Waals surface area contributed by atoms with Gasteiger partial charge in [0.25, 0.3) is 0 Å². The first-order valence-electron chi connectivity index (χ1n) is 6.95. The Bertz CT molecular complexity index is 353. The molecule has 2 rings (SSSR count). The average Bonchev–Trinajstić information content (AvgIpc) is 2.48. The monoisotopic (exact) mass is 271 g/mol. The Morgan fingerprint density at radius 2 is 2.05 bits per heavy atom. The fourth-order valence-corrected chi connectivity index (χ4v) is 3.15. The summed E-state index contributed by atoms with van der Waals surface area (Å²) in [5.74, 6) is -0.00432. The van der Waals surface area contributed by atoms with Crippen LogP contribution in [0.3, 0.4) is 0 Å². The third-order valence-corrected chi connectivity index (χ3v) is 4.24. The second-order valence-corrected chi connectivity index (χ2v) is 6.54. The molecule has 0 amide bonds. The molecule has 0 aromatic heterocycles. The second kappa shape index (κ2) is 5.13. The highest BCUT2D eigenvalue weighted by Crippen LogP contribution is 2.39. The number of aliphatic hydroxyl groups is 1. The number of morpholine rings is 1. The van der Waals surface area contributed by atoms with Crippen LogP contribution >= 0.6 is 0 Å². The zero-order valence-electron chi connectivity index (χ0n) is 12.3. The lowest BCUT2D eigenvalue weighted by molar-refractivity contribution is -0.132. The first-order valence-corrected chi connectivity index (χ1v) is 6.95. The van der Waals surface area contributed by atoms with Gasteiger partial charge in [-0.15, -0.1) is 0 Å². The van der Waals surface area contributed by atoms with E-state index in [0.29, 0.717) is 19.8 Å². The highest BCUT2D eigenvalue weighted by molar-refractivity contribution is 5.91. The minimum atomic E-state index is -0.713. The predicted octanol–water partition coefficient (Wildman–Crippen LogP) is 0.452. The van der Waals surface area contributed by atoms with E-state index in [2.05, 4.69) is 4.90 Å². The molecule has 2 saturated heterocycles. The van der Waals surface area contributed by atoms with Crippen LogP contribution in [-0.2, 0) is 14.3 Å². The standard InChI is InChI=1S/C14H25NO4/c1-13(2)11(12(17)14(3,4)19-13)7-15-5-6-18-9-10(15)8-16/h10-11,16H,5-9H2,1-4H3. The fraction of sp³-hybridized carbons (Fsp3) is 0.929. The molecule has 0 radical (unpaired) electrons. The Balaban J connectivity index is 2.11. The number of nitrogens with zero attached hydrogens (tertiary/aromatic N) is 1. The van der Waals surface area contributed by atoms with Gasteiger partial charge in [0.05, 0.1) is 37.4 Å². The van der Waals surface area contributed by atoms with Crippen molar-refractivity contribution in [3.63, 3.8) is 0 Å². The van der Waals surface area contributed by atoms with Gasteiger partial charge in [0, 0.05) is 13.1 Å². The molecule has 0 bridgehead atoms. The minimum Gasteiger partial charge on any atom is -0.395 e. The lowest BCUT2D eigenvalue weighted by Crippen LogP contribution is -2.52. The van der Waals surface area contributed by atoms with Gasteiger partial charge in [-0.2, -0.15) is 0 Å². The summed E-state index contributed by atoms with van der Waals surface area (Å²) in [5, 5.41) is 9.40. The summed E-state index contributed by atoms with van der Waals surface area (Å²) in [7, 11) is 0. The molecule has 2 unspecified atom stereocenters. The summed E-state index contributed by atoms with van der Waals surface area (Å²) in [6.07, 6.45) is 0. The van der Waals surface area contributed by atoms with Crippen molar-refractivity contribution in [2.24, 2.45) is 5.92 Å². The van der Waals surface area contributed by atoms with Gasteiger partial charge < -0.3 is 14.6 Å². The molecule has 1 N–H and O–H groups in total. The minimum absolute atomic E-state index is 0.0129. The van der Waals surface area contributed by atoms with E-state index in [-0.39, 0.29) is 24.3 Å². The van der Waals surface area contributed by atoms with Gasteiger partial charge in [-0.25, -0.2) is 0 Å². The molecular weight excluding hydrogens is 246 g/mol. The molecule has 2 atom stereocenters. The quantitative estimate of drug-likeness (QED) is 0.808. The highest BCUT2D eigenvalue weighted by atomic mass is 16.5. The van der Waals surface area contributed by atoms with E-state index in [0.717, 1.165) is 6.54 Å². The van der Waals surface area contributed by atoms with Gasteiger partial charge in [-0.05, 0) is 27.7 Å². The van der Waals surface area contributed by atoms with Gasteiger partial charge in [-0.1, -0.05) is 0 Å². The number of carbonyl (C=O) groups is 1. The number of hydrogen-bond acceptors (Lipinski definition) is 5. The first kappa shape index (κ1) is 14.9. The number of carbonyl (C=O) groups excluding carboxylic acids is 1. The van der Waals surface area contributed by atoms with Crippen molar-refractivity contribution in [2.45, 2.75) is 44.9 Å². The Labute approximate surface area is 114 Å². The summed E-state index contributed by atoms with van der Waals surface area (Å²) in [4.78, 5) is 14.6. The number of Topliss-reactive ketones (excluding diaryl/α,β-unsaturated/α-hetero) is 1. The topological polar surface area (TPSA) is 59.0 Å². The van der Waals surface area contributed by atoms with Crippen LogP contribution in [0.15, 0.2) is 0 Å². The molecule has 2 aliphatic heterocycles. The van der Waals surface area contributed by atoms with Crippen molar-refractivity contribution < 1.29 is 19.4 Å². The Kier molecular flexibility index (Phi) is 4.02. The largest absolute Gasteiger partial charge is 0.395 e. The molecule has 2 heterocycles. The molecule has 5 nitrogen and oxygen atoms in total. The average molecular weight is 271 g/mol. The molecule has 5 heteroatoms. The van der Waals surface area contributed by atoms with E-state index in [1.807, 2.05) is 27.7 Å². The number of hydrogen-bond donors (Lipinski definition) is 1. The van der Waals surface area contributed by atoms with E-state index in [4.69, 9.17) is 9.47 Å². The molecule has 2 aliphatic rings. The van der Waals surface area contributed by atoms with E-state index in [1.54, 1.807) is 0 Å². The molecule has 0 aliphatic carbocycles. The van der Waals surface area contributed by atoms with Crippen molar-refractivity contribution in [1.82, 2.24) is 4.90 Å². The van der Waals surface area contributed by atoms with Crippen LogP contribution in [0.4, 0.5) is 0 Å². The molecular formula is C14H25NO4. The lowest BCUT2D eigenvalue weighted by Gasteiger charge is -2.37.